The van der Waals surface area contributed by atoms with E-state index in [9.17, 15) is 4.79 Å². The maximum atomic E-state index is 11.0. The number of carbonyl (C=O) groups is 1. The molecule has 3 heterocycles. The quantitative estimate of drug-likeness (QED) is 0.851. The van der Waals surface area contributed by atoms with Crippen LogP contribution in [0.4, 0.5) is 11.8 Å². The number of rotatable bonds is 5. The summed E-state index contributed by atoms with van der Waals surface area (Å²) in [6.07, 6.45) is 2.06. The van der Waals surface area contributed by atoms with Gasteiger partial charge in [0.05, 0.1) is 18.8 Å². The molecule has 1 unspecified atom stereocenters. The van der Waals surface area contributed by atoms with Crippen LogP contribution in [0.5, 0.6) is 0 Å². The van der Waals surface area contributed by atoms with Crippen molar-refractivity contribution in [1.29, 1.82) is 0 Å². The molecule has 2 saturated heterocycles. The first-order chi connectivity index (χ1) is 13.6. The van der Waals surface area contributed by atoms with Gasteiger partial charge in [0, 0.05) is 37.9 Å². The Balaban J connectivity index is 1.42. The molecular formula is C21H26N4O3. The number of anilines is 2. The summed E-state index contributed by atoms with van der Waals surface area (Å²) in [4.78, 5) is 25.0. The molecule has 28 heavy (non-hydrogen) atoms. The number of ether oxygens (including phenoxy) is 1. The Bertz CT molecular complexity index is 834. The summed E-state index contributed by atoms with van der Waals surface area (Å²) >= 11 is 0. The van der Waals surface area contributed by atoms with E-state index in [0.717, 1.165) is 69.7 Å². The highest BCUT2D eigenvalue weighted by Gasteiger charge is 2.25. The molecule has 0 saturated carbocycles. The van der Waals surface area contributed by atoms with E-state index < -0.39 is 5.97 Å². The fourth-order valence-corrected chi connectivity index (χ4v) is 3.93. The Morgan fingerprint density at radius 1 is 1.14 bits per heavy atom. The van der Waals surface area contributed by atoms with Gasteiger partial charge in [0.25, 0.3) is 0 Å². The first kappa shape index (κ1) is 18.7. The van der Waals surface area contributed by atoms with Gasteiger partial charge in [-0.25, -0.2) is 9.78 Å². The van der Waals surface area contributed by atoms with Crippen molar-refractivity contribution in [2.45, 2.75) is 19.8 Å². The zero-order valence-corrected chi connectivity index (χ0v) is 16.2. The number of benzene rings is 1. The number of aromatic nitrogens is 2. The van der Waals surface area contributed by atoms with Crippen LogP contribution in [0.2, 0.25) is 0 Å². The number of morpholine rings is 1. The summed E-state index contributed by atoms with van der Waals surface area (Å²) in [5.41, 5.74) is 2.51. The van der Waals surface area contributed by atoms with E-state index in [1.165, 1.54) is 5.56 Å². The van der Waals surface area contributed by atoms with Crippen molar-refractivity contribution >= 4 is 17.7 Å². The fourth-order valence-electron chi connectivity index (χ4n) is 3.93. The second-order valence-electron chi connectivity index (χ2n) is 7.57. The predicted molar refractivity (Wildman–Crippen MR) is 107 cm³/mol. The fraction of sp³-hybridized carbons (Fsp3) is 0.476. The van der Waals surface area contributed by atoms with Gasteiger partial charge in [0.1, 0.15) is 5.82 Å². The van der Waals surface area contributed by atoms with Gasteiger partial charge in [-0.3, -0.25) is 0 Å². The van der Waals surface area contributed by atoms with Crippen LogP contribution >= 0.6 is 0 Å². The molecule has 0 bridgehead atoms. The van der Waals surface area contributed by atoms with Gasteiger partial charge in [0.15, 0.2) is 0 Å². The molecular weight excluding hydrogens is 356 g/mol. The van der Waals surface area contributed by atoms with E-state index in [2.05, 4.69) is 20.9 Å². The van der Waals surface area contributed by atoms with Gasteiger partial charge in [0.2, 0.25) is 5.95 Å². The van der Waals surface area contributed by atoms with Crippen molar-refractivity contribution in [2.24, 2.45) is 5.92 Å². The molecule has 0 spiro atoms. The van der Waals surface area contributed by atoms with Crippen molar-refractivity contribution in [3.8, 4) is 0 Å². The van der Waals surface area contributed by atoms with E-state index in [0.29, 0.717) is 11.5 Å². The third kappa shape index (κ3) is 4.25. The summed E-state index contributed by atoms with van der Waals surface area (Å²) in [6.45, 7) is 7.07. The molecule has 0 amide bonds. The largest absolute Gasteiger partial charge is 0.478 e. The van der Waals surface area contributed by atoms with E-state index in [4.69, 9.17) is 14.8 Å². The van der Waals surface area contributed by atoms with Crippen molar-refractivity contribution in [3.05, 3.63) is 47.2 Å². The average molecular weight is 382 g/mol. The molecule has 2 aliphatic rings. The van der Waals surface area contributed by atoms with Crippen molar-refractivity contribution in [1.82, 2.24) is 9.97 Å². The minimum absolute atomic E-state index is 0.337. The monoisotopic (exact) mass is 382 g/mol. The maximum absolute atomic E-state index is 11.0. The Morgan fingerprint density at radius 3 is 2.61 bits per heavy atom. The highest BCUT2D eigenvalue weighted by atomic mass is 16.5. The third-order valence-corrected chi connectivity index (χ3v) is 5.46. The van der Waals surface area contributed by atoms with Crippen molar-refractivity contribution in [2.75, 3.05) is 49.2 Å². The minimum atomic E-state index is -0.881. The Morgan fingerprint density at radius 2 is 1.89 bits per heavy atom. The van der Waals surface area contributed by atoms with E-state index >= 15 is 0 Å². The van der Waals surface area contributed by atoms with E-state index in [-0.39, 0.29) is 0 Å². The zero-order chi connectivity index (χ0) is 19.5. The Kier molecular flexibility index (Phi) is 5.43. The van der Waals surface area contributed by atoms with Crippen LogP contribution in [0.1, 0.15) is 28.0 Å². The average Bonchev–Trinajstić information content (AvgIpc) is 3.17. The molecule has 0 aliphatic carbocycles. The van der Waals surface area contributed by atoms with Crippen LogP contribution in [0.3, 0.4) is 0 Å². The van der Waals surface area contributed by atoms with Crippen LogP contribution in [-0.2, 0) is 11.2 Å². The molecule has 1 aromatic heterocycles. The lowest BCUT2D eigenvalue weighted by Crippen LogP contribution is -2.37. The Labute approximate surface area is 165 Å². The van der Waals surface area contributed by atoms with Crippen LogP contribution in [-0.4, -0.2) is 60.4 Å². The number of aromatic carboxylic acids is 1. The van der Waals surface area contributed by atoms with Crippen LogP contribution in [0.15, 0.2) is 30.3 Å². The van der Waals surface area contributed by atoms with Crippen LogP contribution in [0.25, 0.3) is 0 Å². The number of carboxylic acid groups (broad SMARTS) is 1. The zero-order valence-electron chi connectivity index (χ0n) is 16.2. The van der Waals surface area contributed by atoms with Crippen LogP contribution in [0, 0.1) is 12.8 Å². The molecule has 148 valence electrons. The van der Waals surface area contributed by atoms with Crippen molar-refractivity contribution < 1.29 is 14.6 Å². The number of carboxylic acids is 1. The van der Waals surface area contributed by atoms with Gasteiger partial charge in [-0.15, -0.1) is 0 Å². The molecule has 2 aliphatic heterocycles. The summed E-state index contributed by atoms with van der Waals surface area (Å²) in [5.74, 6) is 1.45. The second-order valence-corrected chi connectivity index (χ2v) is 7.57. The van der Waals surface area contributed by atoms with Gasteiger partial charge < -0.3 is 19.6 Å². The highest BCUT2D eigenvalue weighted by molar-refractivity contribution is 5.87. The van der Waals surface area contributed by atoms with Gasteiger partial charge >= 0.3 is 5.97 Å². The lowest BCUT2D eigenvalue weighted by Gasteiger charge is -2.28. The SMILES string of the molecule is Cc1cc(N2CCC(Cc3ccc(C(=O)O)cc3)C2)nc(N2CCOCC2)n1. The molecule has 7 heteroatoms. The molecule has 1 aromatic carbocycles. The standard InChI is InChI=1S/C21H26N4O3/c1-15-12-19(23-21(22-15)24-8-10-28-11-9-24)25-7-6-17(14-25)13-16-2-4-18(5-3-16)20(26)27/h2-5,12,17H,6-11,13-14H2,1H3,(H,26,27). The lowest BCUT2D eigenvalue weighted by molar-refractivity contribution is 0.0697. The maximum Gasteiger partial charge on any atom is 0.335 e. The normalized spacial score (nSPS) is 19.8. The summed E-state index contributed by atoms with van der Waals surface area (Å²) in [5, 5.41) is 9.03. The molecule has 7 nitrogen and oxygen atoms in total. The second kappa shape index (κ2) is 8.14. The van der Waals surface area contributed by atoms with Gasteiger partial charge in [-0.1, -0.05) is 12.1 Å². The molecule has 1 N–H and O–H groups in total. The number of aryl methyl sites for hydroxylation is 1. The van der Waals surface area contributed by atoms with E-state index in [1.807, 2.05) is 19.1 Å². The molecule has 2 fully saturated rings. The molecule has 2 aromatic rings. The van der Waals surface area contributed by atoms with Crippen molar-refractivity contribution in [3.63, 3.8) is 0 Å². The highest BCUT2D eigenvalue weighted by Crippen LogP contribution is 2.27. The molecule has 0 radical (unpaired) electrons. The lowest BCUT2D eigenvalue weighted by atomic mass is 9.98. The number of nitrogens with zero attached hydrogens (tertiary/aromatic N) is 4. The Hall–Kier alpha value is -2.67. The minimum Gasteiger partial charge on any atom is -0.478 e. The first-order valence-corrected chi connectivity index (χ1v) is 9.84. The predicted octanol–water partition coefficient (Wildman–Crippen LogP) is 2.39. The molecule has 1 atom stereocenters. The van der Waals surface area contributed by atoms with Crippen LogP contribution < -0.4 is 9.80 Å². The number of hydrogen-bond acceptors (Lipinski definition) is 6. The van der Waals surface area contributed by atoms with Gasteiger partial charge in [-0.2, -0.15) is 4.98 Å². The first-order valence-electron chi connectivity index (χ1n) is 9.84. The smallest absolute Gasteiger partial charge is 0.335 e. The summed E-state index contributed by atoms with van der Waals surface area (Å²) in [6, 6.07) is 9.29. The third-order valence-electron chi connectivity index (χ3n) is 5.46. The topological polar surface area (TPSA) is 78.8 Å². The number of hydrogen-bond donors (Lipinski definition) is 1. The van der Waals surface area contributed by atoms with Gasteiger partial charge in [-0.05, 0) is 43.4 Å². The van der Waals surface area contributed by atoms with E-state index in [1.54, 1.807) is 12.1 Å². The summed E-state index contributed by atoms with van der Waals surface area (Å²) in [7, 11) is 0. The molecule has 4 rings (SSSR count). The summed E-state index contributed by atoms with van der Waals surface area (Å²) < 4.78 is 5.43.